The third-order valence-corrected chi connectivity index (χ3v) is 0.272. The standard InChI is InChI=1S/C2H6B2O/c1-4(2)5-3/h1-2H3. The first kappa shape index (κ1) is 5.09. The minimum absolute atomic E-state index is 0.162. The number of hydrogen-bond donors (Lipinski definition) is 0. The molecule has 0 unspecified atom stereocenters. The molecule has 0 aliphatic carbocycles. The van der Waals surface area contributed by atoms with Crippen molar-refractivity contribution in [3.8, 4) is 0 Å². The molecule has 0 rings (SSSR count). The minimum atomic E-state index is 0.162. The molecule has 0 fully saturated rings. The molecule has 2 radical (unpaired) electrons. The Bertz CT molecular complexity index is 21.6. The third kappa shape index (κ3) is 4.09. The van der Waals surface area contributed by atoms with Crippen LogP contribution >= 0.6 is 0 Å². The Labute approximate surface area is 34.3 Å². The first-order valence-corrected chi connectivity index (χ1v) is 1.63. The maximum Gasteiger partial charge on any atom is 0.268 e. The van der Waals surface area contributed by atoms with Crippen LogP contribution in [0.3, 0.4) is 0 Å². The van der Waals surface area contributed by atoms with Crippen LogP contribution in [0.5, 0.6) is 0 Å². The highest BCUT2D eigenvalue weighted by Crippen LogP contribution is 1.72. The van der Waals surface area contributed by atoms with Gasteiger partial charge in [0.05, 0.1) is 0 Å². The van der Waals surface area contributed by atoms with Crippen LogP contribution in [0.1, 0.15) is 0 Å². The van der Waals surface area contributed by atoms with Gasteiger partial charge >= 0.3 is 0 Å². The summed E-state index contributed by atoms with van der Waals surface area (Å²) in [4.78, 5) is 0. The summed E-state index contributed by atoms with van der Waals surface area (Å²) in [7, 11) is 4.67. The summed E-state index contributed by atoms with van der Waals surface area (Å²) >= 11 is 0. The molecule has 0 saturated heterocycles. The Morgan fingerprint density at radius 3 is 1.80 bits per heavy atom. The molecule has 5 heavy (non-hydrogen) atoms. The largest absolute Gasteiger partial charge is 0.507 e. The van der Waals surface area contributed by atoms with Crippen molar-refractivity contribution in [2.24, 2.45) is 0 Å². The molecule has 0 aromatic rings. The molecule has 0 spiro atoms. The predicted molar refractivity (Wildman–Crippen MR) is 24.3 cm³/mol. The van der Waals surface area contributed by atoms with Gasteiger partial charge in [0.15, 0.2) is 0 Å². The lowest BCUT2D eigenvalue weighted by molar-refractivity contribution is 0.647. The SMILES string of the molecule is [B]OB(C)C. The van der Waals surface area contributed by atoms with Gasteiger partial charge in [-0.15, -0.1) is 0 Å². The van der Waals surface area contributed by atoms with Gasteiger partial charge < -0.3 is 4.57 Å². The number of rotatable bonds is 1. The summed E-state index contributed by atoms with van der Waals surface area (Å²) in [6.07, 6.45) is 0. The molecule has 0 bridgehead atoms. The molecule has 0 aliphatic heterocycles. The van der Waals surface area contributed by atoms with E-state index in [0.29, 0.717) is 0 Å². The van der Waals surface area contributed by atoms with Crippen molar-refractivity contribution in [2.45, 2.75) is 13.6 Å². The van der Waals surface area contributed by atoms with Crippen LogP contribution in [-0.4, -0.2) is 15.0 Å². The molecule has 0 aliphatic rings. The van der Waals surface area contributed by atoms with Crippen molar-refractivity contribution in [1.29, 1.82) is 0 Å². The Kier molecular flexibility index (Phi) is 2.38. The van der Waals surface area contributed by atoms with Crippen LogP contribution in [0.4, 0.5) is 0 Å². The van der Waals surface area contributed by atoms with Gasteiger partial charge in [0.1, 0.15) is 0 Å². The topological polar surface area (TPSA) is 9.23 Å². The second-order valence-corrected chi connectivity index (χ2v) is 1.18. The Hall–Kier alpha value is 0.0899. The van der Waals surface area contributed by atoms with Crippen molar-refractivity contribution in [3.63, 3.8) is 0 Å². The first-order chi connectivity index (χ1) is 2.27. The van der Waals surface area contributed by atoms with Crippen LogP contribution in [-0.2, 0) is 4.57 Å². The lowest BCUT2D eigenvalue weighted by atomic mass is 9.74. The highest BCUT2D eigenvalue weighted by Gasteiger charge is 1.87. The molecule has 3 heteroatoms. The zero-order valence-electron chi connectivity index (χ0n) is 3.56. The molecule has 1 nitrogen and oxygen atoms in total. The summed E-state index contributed by atoms with van der Waals surface area (Å²) in [6.45, 7) is 3.91. The van der Waals surface area contributed by atoms with Crippen LogP contribution < -0.4 is 0 Å². The molecule has 0 aromatic heterocycles. The van der Waals surface area contributed by atoms with Gasteiger partial charge in [0, 0.05) is 0 Å². The van der Waals surface area contributed by atoms with Crippen LogP contribution in [0.15, 0.2) is 0 Å². The van der Waals surface area contributed by atoms with Crippen LogP contribution in [0.2, 0.25) is 13.6 Å². The minimum Gasteiger partial charge on any atom is -0.507 e. The van der Waals surface area contributed by atoms with E-state index in [2.05, 4.69) is 12.6 Å². The summed E-state index contributed by atoms with van der Waals surface area (Å²) in [5.41, 5.74) is 0. The number of hydrogen-bond acceptors (Lipinski definition) is 1. The molecule has 0 N–H and O–H groups in total. The highest BCUT2D eigenvalue weighted by molar-refractivity contribution is 6.52. The zero-order chi connectivity index (χ0) is 4.28. The van der Waals surface area contributed by atoms with Crippen LogP contribution in [0, 0.1) is 0 Å². The first-order valence-electron chi connectivity index (χ1n) is 1.63. The lowest BCUT2D eigenvalue weighted by Crippen LogP contribution is -2.02. The van der Waals surface area contributed by atoms with E-state index in [4.69, 9.17) is 0 Å². The van der Waals surface area contributed by atoms with Crippen molar-refractivity contribution in [2.75, 3.05) is 0 Å². The van der Waals surface area contributed by atoms with Gasteiger partial charge in [-0.3, -0.25) is 0 Å². The monoisotopic (exact) mass is 68.1 g/mol. The van der Waals surface area contributed by atoms with E-state index in [1.54, 1.807) is 0 Å². The smallest absolute Gasteiger partial charge is 0.268 e. The van der Waals surface area contributed by atoms with E-state index in [1.165, 1.54) is 0 Å². The van der Waals surface area contributed by atoms with Gasteiger partial charge in [-0.2, -0.15) is 0 Å². The second-order valence-electron chi connectivity index (χ2n) is 1.18. The van der Waals surface area contributed by atoms with Crippen molar-refractivity contribution in [1.82, 2.24) is 0 Å². The van der Waals surface area contributed by atoms with E-state index < -0.39 is 0 Å². The Morgan fingerprint density at radius 1 is 1.60 bits per heavy atom. The predicted octanol–water partition coefficient (Wildman–Crippen LogP) is 0.338. The molecule has 0 aromatic carbocycles. The third-order valence-electron chi connectivity index (χ3n) is 0.272. The van der Waals surface area contributed by atoms with Crippen molar-refractivity contribution < 1.29 is 4.57 Å². The van der Waals surface area contributed by atoms with Gasteiger partial charge in [-0.25, -0.2) is 0 Å². The molecule has 0 heterocycles. The molecule has 0 saturated carbocycles. The fourth-order valence-electron chi connectivity index (χ4n) is 0. The van der Waals surface area contributed by atoms with Gasteiger partial charge in [0.2, 0.25) is 0 Å². The fraction of sp³-hybridized carbons (Fsp3) is 1.00. The average molecular weight is 67.7 g/mol. The molecule has 26 valence electrons. The maximum absolute atomic E-state index is 4.67. The van der Waals surface area contributed by atoms with E-state index in [1.807, 2.05) is 13.6 Å². The maximum atomic E-state index is 4.67. The quantitative estimate of drug-likeness (QED) is 0.402. The summed E-state index contributed by atoms with van der Waals surface area (Å²) in [5.74, 6) is 0. The van der Waals surface area contributed by atoms with E-state index in [-0.39, 0.29) is 6.92 Å². The second kappa shape index (κ2) is 2.33. The van der Waals surface area contributed by atoms with Gasteiger partial charge in [-0.1, -0.05) is 13.6 Å². The van der Waals surface area contributed by atoms with E-state index in [0.717, 1.165) is 0 Å². The summed E-state index contributed by atoms with van der Waals surface area (Å²) < 4.78 is 4.25. The molecule has 0 amide bonds. The van der Waals surface area contributed by atoms with Crippen molar-refractivity contribution >= 4 is 15.0 Å². The zero-order valence-corrected chi connectivity index (χ0v) is 3.56. The van der Waals surface area contributed by atoms with Crippen LogP contribution in [0.25, 0.3) is 0 Å². The average Bonchev–Trinajstić information content (AvgIpc) is 1.38. The highest BCUT2D eigenvalue weighted by atomic mass is 16.4. The lowest BCUT2D eigenvalue weighted by Gasteiger charge is -1.90. The summed E-state index contributed by atoms with van der Waals surface area (Å²) in [5, 5.41) is 0. The van der Waals surface area contributed by atoms with E-state index >= 15 is 0 Å². The summed E-state index contributed by atoms with van der Waals surface area (Å²) in [6, 6.07) is 0. The van der Waals surface area contributed by atoms with Gasteiger partial charge in [-0.05, 0) is 0 Å². The molecular weight excluding hydrogens is 61.6 g/mol. The molecular formula is C2H6B2O. The normalized spacial score (nSPS) is 7.60. The Balaban J connectivity index is 2.54. The molecule has 0 atom stereocenters. The Morgan fingerprint density at radius 2 is 1.80 bits per heavy atom. The van der Waals surface area contributed by atoms with E-state index in [9.17, 15) is 0 Å². The van der Waals surface area contributed by atoms with Gasteiger partial charge in [0.25, 0.3) is 15.0 Å². The fourth-order valence-corrected chi connectivity index (χ4v) is 0. The van der Waals surface area contributed by atoms with Crippen molar-refractivity contribution in [3.05, 3.63) is 0 Å².